The van der Waals surface area contributed by atoms with E-state index in [0.717, 1.165) is 6.54 Å². The quantitative estimate of drug-likeness (QED) is 0.863. The van der Waals surface area contributed by atoms with Gasteiger partial charge in [-0.3, -0.25) is 0 Å². The van der Waals surface area contributed by atoms with Crippen LogP contribution in [0.2, 0.25) is 0 Å². The maximum absolute atomic E-state index is 13.2. The molecule has 0 aromatic heterocycles. The molecule has 1 aromatic carbocycles. The zero-order valence-electron chi connectivity index (χ0n) is 10.8. The van der Waals surface area contributed by atoms with Crippen molar-refractivity contribution in [1.29, 1.82) is 0 Å². The van der Waals surface area contributed by atoms with Gasteiger partial charge in [-0.2, -0.15) is 0 Å². The molecule has 100 valence electrons. The minimum absolute atomic E-state index is 0.0430. The normalized spacial score (nSPS) is 15.8. The fraction of sp³-hybridized carbons (Fsp3) is 0.571. The molecule has 0 unspecified atom stereocenters. The number of hydrogen-bond acceptors (Lipinski definition) is 2. The van der Waals surface area contributed by atoms with Gasteiger partial charge in [-0.05, 0) is 25.0 Å². The lowest BCUT2D eigenvalue weighted by atomic mass is 9.95. The minimum atomic E-state index is -0.284. The first kappa shape index (κ1) is 13.8. The van der Waals surface area contributed by atoms with E-state index < -0.39 is 0 Å². The summed E-state index contributed by atoms with van der Waals surface area (Å²) in [6, 6.07) is 5.32. The number of rotatable bonds is 6. The number of ether oxygens (including phenoxy) is 1. The molecule has 0 aliphatic heterocycles. The Balaban J connectivity index is 1.84. The highest BCUT2D eigenvalue weighted by atomic mass is 79.9. The van der Waals surface area contributed by atoms with E-state index >= 15 is 0 Å². The van der Waals surface area contributed by atoms with Gasteiger partial charge >= 0.3 is 0 Å². The van der Waals surface area contributed by atoms with Crippen LogP contribution in [0.25, 0.3) is 0 Å². The smallest absolute Gasteiger partial charge is 0.128 e. The van der Waals surface area contributed by atoms with E-state index in [-0.39, 0.29) is 11.2 Å². The molecule has 1 aliphatic rings. The van der Waals surface area contributed by atoms with Crippen LogP contribution in [-0.4, -0.2) is 19.2 Å². The van der Waals surface area contributed by atoms with Gasteiger partial charge in [0.25, 0.3) is 0 Å². The maximum Gasteiger partial charge on any atom is 0.128 e. The Labute approximate surface area is 116 Å². The van der Waals surface area contributed by atoms with Crippen molar-refractivity contribution in [3.05, 3.63) is 28.5 Å². The summed E-state index contributed by atoms with van der Waals surface area (Å²) >= 11 is 3.26. The summed E-state index contributed by atoms with van der Waals surface area (Å²) in [4.78, 5) is 0. The third-order valence-corrected chi connectivity index (χ3v) is 3.37. The predicted molar refractivity (Wildman–Crippen MR) is 74.4 cm³/mol. The van der Waals surface area contributed by atoms with Gasteiger partial charge < -0.3 is 10.1 Å². The lowest BCUT2D eigenvalue weighted by molar-refractivity contribution is 0.175. The van der Waals surface area contributed by atoms with E-state index in [1.807, 2.05) is 0 Å². The summed E-state index contributed by atoms with van der Waals surface area (Å²) in [6.45, 7) is 5.80. The van der Waals surface area contributed by atoms with Crippen LogP contribution in [0.4, 0.5) is 4.39 Å². The molecule has 1 aromatic rings. The molecule has 2 rings (SSSR count). The number of nitrogens with one attached hydrogen (secondary N) is 1. The van der Waals surface area contributed by atoms with Crippen molar-refractivity contribution in [1.82, 2.24) is 5.32 Å². The second-order valence-electron chi connectivity index (χ2n) is 5.71. The van der Waals surface area contributed by atoms with Gasteiger partial charge in [-0.15, -0.1) is 0 Å². The molecule has 1 fully saturated rings. The van der Waals surface area contributed by atoms with E-state index in [0.29, 0.717) is 22.9 Å². The minimum Gasteiger partial charge on any atom is -0.493 e. The van der Waals surface area contributed by atoms with Crippen LogP contribution in [0.15, 0.2) is 22.7 Å². The third-order valence-electron chi connectivity index (χ3n) is 2.91. The Kier molecular flexibility index (Phi) is 4.28. The Hall–Kier alpha value is -0.610. The average Bonchev–Trinajstić information content (AvgIpc) is 3.07. The fourth-order valence-electron chi connectivity index (χ4n) is 1.65. The molecule has 0 atom stereocenters. The molecule has 0 heterocycles. The van der Waals surface area contributed by atoms with Crippen LogP contribution < -0.4 is 10.1 Å². The van der Waals surface area contributed by atoms with E-state index in [1.54, 1.807) is 6.07 Å². The summed E-state index contributed by atoms with van der Waals surface area (Å²) in [5, 5.41) is 3.49. The fourth-order valence-corrected chi connectivity index (χ4v) is 2.09. The molecular formula is C14H19BrFNO. The van der Waals surface area contributed by atoms with Crippen molar-refractivity contribution in [2.45, 2.75) is 32.7 Å². The molecular weight excluding hydrogens is 297 g/mol. The van der Waals surface area contributed by atoms with Crippen LogP contribution in [-0.2, 0) is 0 Å². The predicted octanol–water partition coefficient (Wildman–Crippen LogP) is 3.75. The summed E-state index contributed by atoms with van der Waals surface area (Å²) in [5.74, 6) is 0.287. The lowest BCUT2D eigenvalue weighted by Gasteiger charge is -2.25. The van der Waals surface area contributed by atoms with Gasteiger partial charge in [-0.1, -0.05) is 29.8 Å². The zero-order chi connectivity index (χ0) is 13.2. The van der Waals surface area contributed by atoms with Crippen molar-refractivity contribution < 1.29 is 9.13 Å². The Bertz CT molecular complexity index is 398. The average molecular weight is 316 g/mol. The highest BCUT2D eigenvalue weighted by molar-refractivity contribution is 9.10. The molecule has 1 aliphatic carbocycles. The highest BCUT2D eigenvalue weighted by Gasteiger charge is 2.25. The zero-order valence-corrected chi connectivity index (χ0v) is 12.4. The molecule has 0 saturated heterocycles. The van der Waals surface area contributed by atoms with Crippen molar-refractivity contribution >= 4 is 15.9 Å². The molecule has 1 N–H and O–H groups in total. The van der Waals surface area contributed by atoms with Crippen molar-refractivity contribution in [2.75, 3.05) is 13.2 Å². The van der Waals surface area contributed by atoms with Gasteiger partial charge in [0.05, 0.1) is 6.61 Å². The molecule has 4 heteroatoms. The largest absolute Gasteiger partial charge is 0.493 e. The van der Waals surface area contributed by atoms with Crippen LogP contribution in [0.3, 0.4) is 0 Å². The molecule has 2 nitrogen and oxygen atoms in total. The molecule has 0 radical (unpaired) electrons. The molecule has 0 spiro atoms. The monoisotopic (exact) mass is 315 g/mol. The lowest BCUT2D eigenvalue weighted by Crippen LogP contribution is -2.35. The number of halogens is 2. The topological polar surface area (TPSA) is 21.3 Å². The van der Waals surface area contributed by atoms with Crippen molar-refractivity contribution in [2.24, 2.45) is 5.41 Å². The summed E-state index contributed by atoms with van der Waals surface area (Å²) in [7, 11) is 0. The second-order valence-corrected chi connectivity index (χ2v) is 6.63. The summed E-state index contributed by atoms with van der Waals surface area (Å²) < 4.78 is 19.6. The third kappa shape index (κ3) is 4.58. The highest BCUT2D eigenvalue weighted by Crippen LogP contribution is 2.25. The SMILES string of the molecule is CC(C)(CNC1CC1)COc1cc(F)cc(Br)c1. The van der Waals surface area contributed by atoms with E-state index in [2.05, 4.69) is 35.1 Å². The summed E-state index contributed by atoms with van der Waals surface area (Å²) in [6.07, 6.45) is 2.57. The van der Waals surface area contributed by atoms with Gasteiger partial charge in [0.15, 0.2) is 0 Å². The first-order valence-corrected chi connectivity index (χ1v) is 7.06. The van der Waals surface area contributed by atoms with Crippen LogP contribution in [0, 0.1) is 11.2 Å². The Morgan fingerprint density at radius 3 is 2.72 bits per heavy atom. The number of benzene rings is 1. The van der Waals surface area contributed by atoms with Gasteiger partial charge in [-0.25, -0.2) is 4.39 Å². The van der Waals surface area contributed by atoms with E-state index in [9.17, 15) is 4.39 Å². The van der Waals surface area contributed by atoms with Gasteiger partial charge in [0.2, 0.25) is 0 Å². The number of hydrogen-bond donors (Lipinski definition) is 1. The molecule has 0 amide bonds. The van der Waals surface area contributed by atoms with Gasteiger partial charge in [0.1, 0.15) is 11.6 Å². The van der Waals surface area contributed by atoms with Crippen LogP contribution in [0.5, 0.6) is 5.75 Å². The van der Waals surface area contributed by atoms with E-state index in [1.165, 1.54) is 25.0 Å². The van der Waals surface area contributed by atoms with Crippen molar-refractivity contribution in [3.8, 4) is 5.75 Å². The van der Waals surface area contributed by atoms with Crippen LogP contribution >= 0.6 is 15.9 Å². The Morgan fingerprint density at radius 1 is 1.39 bits per heavy atom. The van der Waals surface area contributed by atoms with Crippen LogP contribution in [0.1, 0.15) is 26.7 Å². The standard InChI is InChI=1S/C14H19BrFNO/c1-14(2,8-17-12-3-4-12)9-18-13-6-10(15)5-11(16)7-13/h5-7,12,17H,3-4,8-9H2,1-2H3. The molecule has 18 heavy (non-hydrogen) atoms. The maximum atomic E-state index is 13.2. The summed E-state index contributed by atoms with van der Waals surface area (Å²) in [5.41, 5.74) is 0.0430. The van der Waals surface area contributed by atoms with Gasteiger partial charge in [0, 0.05) is 28.5 Å². The molecule has 0 bridgehead atoms. The molecule has 1 saturated carbocycles. The van der Waals surface area contributed by atoms with Crippen molar-refractivity contribution in [3.63, 3.8) is 0 Å². The first-order valence-electron chi connectivity index (χ1n) is 6.27. The second kappa shape index (κ2) is 5.57. The Morgan fingerprint density at radius 2 is 2.11 bits per heavy atom. The van der Waals surface area contributed by atoms with E-state index in [4.69, 9.17) is 4.74 Å². The first-order chi connectivity index (χ1) is 8.44.